The Morgan fingerprint density at radius 2 is 2.10 bits per heavy atom. The third-order valence-corrected chi connectivity index (χ3v) is 5.29. The largest absolute Gasteiger partial charge is 0.491 e. The number of hydrogen-bond donors (Lipinski definition) is 1. The summed E-state index contributed by atoms with van der Waals surface area (Å²) in [5.41, 5.74) is 1.63. The molecule has 1 aliphatic heterocycles. The first-order valence-corrected chi connectivity index (χ1v) is 10.4. The topological polar surface area (TPSA) is 65.4 Å². The molecule has 29 heavy (non-hydrogen) atoms. The molecule has 0 saturated carbocycles. The molecule has 1 atom stereocenters. The summed E-state index contributed by atoms with van der Waals surface area (Å²) in [6, 6.07) is 17.0. The predicted octanol–water partition coefficient (Wildman–Crippen LogP) is 4.50. The molecule has 150 valence electrons. The zero-order chi connectivity index (χ0) is 20.1. The summed E-state index contributed by atoms with van der Waals surface area (Å²) in [5.74, 6) is 1.10. The molecular formula is C22H22BrN3O3. The molecule has 0 radical (unpaired) electrons. The van der Waals surface area contributed by atoms with E-state index >= 15 is 0 Å². The minimum absolute atomic E-state index is 0.139. The second-order valence-corrected chi connectivity index (χ2v) is 7.84. The SMILES string of the molecule is O=C(Nc1ccnn1Cc1ccc(Br)cc1)c1cccc(OCC2CCCO2)c1. The molecule has 1 aliphatic rings. The van der Waals surface area contributed by atoms with Gasteiger partial charge < -0.3 is 14.8 Å². The number of carbonyl (C=O) groups is 1. The highest BCUT2D eigenvalue weighted by Gasteiger charge is 2.16. The molecule has 2 aromatic carbocycles. The van der Waals surface area contributed by atoms with E-state index in [0.29, 0.717) is 30.3 Å². The number of nitrogens with one attached hydrogen (secondary N) is 1. The van der Waals surface area contributed by atoms with Crippen molar-refractivity contribution in [3.63, 3.8) is 0 Å². The lowest BCUT2D eigenvalue weighted by Crippen LogP contribution is -2.18. The number of hydrogen-bond acceptors (Lipinski definition) is 4. The maximum atomic E-state index is 12.7. The highest BCUT2D eigenvalue weighted by molar-refractivity contribution is 9.10. The van der Waals surface area contributed by atoms with Gasteiger partial charge in [0.05, 0.1) is 18.8 Å². The summed E-state index contributed by atoms with van der Waals surface area (Å²) in [6.45, 7) is 1.87. The van der Waals surface area contributed by atoms with Crippen LogP contribution >= 0.6 is 15.9 Å². The second kappa shape index (κ2) is 9.24. The third-order valence-electron chi connectivity index (χ3n) is 4.76. The molecule has 0 aliphatic carbocycles. The van der Waals surface area contributed by atoms with Crippen molar-refractivity contribution in [3.05, 3.63) is 76.4 Å². The fraction of sp³-hybridized carbons (Fsp3) is 0.273. The highest BCUT2D eigenvalue weighted by atomic mass is 79.9. The standard InChI is InChI=1S/C22H22BrN3O3/c23-18-8-6-16(7-9-18)14-26-21(10-11-24-26)25-22(27)17-3-1-4-19(13-17)29-15-20-5-2-12-28-20/h1,3-4,6-11,13,20H,2,5,12,14-15H2,(H,25,27). The average Bonchev–Trinajstić information content (AvgIpc) is 3.41. The molecule has 1 fully saturated rings. The monoisotopic (exact) mass is 455 g/mol. The number of anilines is 1. The van der Waals surface area contributed by atoms with Crippen molar-refractivity contribution in [2.24, 2.45) is 0 Å². The number of amides is 1. The number of aromatic nitrogens is 2. The van der Waals surface area contributed by atoms with E-state index in [1.54, 1.807) is 29.1 Å². The maximum Gasteiger partial charge on any atom is 0.256 e. The van der Waals surface area contributed by atoms with Crippen molar-refractivity contribution in [1.29, 1.82) is 0 Å². The molecule has 7 heteroatoms. The fourth-order valence-electron chi connectivity index (χ4n) is 3.21. The van der Waals surface area contributed by atoms with Crippen LogP contribution in [0.5, 0.6) is 5.75 Å². The highest BCUT2D eigenvalue weighted by Crippen LogP contribution is 2.19. The zero-order valence-corrected chi connectivity index (χ0v) is 17.5. The van der Waals surface area contributed by atoms with Crippen LogP contribution in [-0.4, -0.2) is 35.0 Å². The van der Waals surface area contributed by atoms with Crippen LogP contribution in [0.3, 0.4) is 0 Å². The van der Waals surface area contributed by atoms with Crippen LogP contribution in [0.25, 0.3) is 0 Å². The quantitative estimate of drug-likeness (QED) is 0.569. The molecule has 1 N–H and O–H groups in total. The van der Waals surface area contributed by atoms with E-state index in [9.17, 15) is 4.79 Å². The van der Waals surface area contributed by atoms with Gasteiger partial charge in [-0.25, -0.2) is 4.68 Å². The van der Waals surface area contributed by atoms with Crippen molar-refractivity contribution in [2.45, 2.75) is 25.5 Å². The Morgan fingerprint density at radius 3 is 2.90 bits per heavy atom. The molecule has 6 nitrogen and oxygen atoms in total. The van der Waals surface area contributed by atoms with Crippen LogP contribution in [0.15, 0.2) is 65.3 Å². The van der Waals surface area contributed by atoms with Gasteiger partial charge in [-0.3, -0.25) is 4.79 Å². The lowest BCUT2D eigenvalue weighted by Gasteiger charge is -2.13. The summed E-state index contributed by atoms with van der Waals surface area (Å²) in [4.78, 5) is 12.7. The van der Waals surface area contributed by atoms with Crippen molar-refractivity contribution in [3.8, 4) is 5.75 Å². The smallest absolute Gasteiger partial charge is 0.256 e. The van der Waals surface area contributed by atoms with Gasteiger partial charge in [-0.05, 0) is 48.7 Å². The molecular weight excluding hydrogens is 434 g/mol. The number of rotatable bonds is 7. The van der Waals surface area contributed by atoms with Crippen LogP contribution in [0.2, 0.25) is 0 Å². The van der Waals surface area contributed by atoms with E-state index in [1.807, 2.05) is 36.4 Å². The Morgan fingerprint density at radius 1 is 1.24 bits per heavy atom. The lowest BCUT2D eigenvalue weighted by atomic mass is 10.2. The van der Waals surface area contributed by atoms with Crippen molar-refractivity contribution >= 4 is 27.7 Å². The van der Waals surface area contributed by atoms with Crippen molar-refractivity contribution in [1.82, 2.24) is 9.78 Å². The minimum atomic E-state index is -0.204. The van der Waals surface area contributed by atoms with Gasteiger partial charge >= 0.3 is 0 Å². The number of benzene rings is 2. The molecule has 0 spiro atoms. The number of nitrogens with zero attached hydrogens (tertiary/aromatic N) is 2. The average molecular weight is 456 g/mol. The maximum absolute atomic E-state index is 12.7. The van der Waals surface area contributed by atoms with Crippen LogP contribution < -0.4 is 10.1 Å². The molecule has 2 heterocycles. The first kappa shape index (κ1) is 19.7. The summed E-state index contributed by atoms with van der Waals surface area (Å²) >= 11 is 3.44. The van der Waals surface area contributed by atoms with Gasteiger partial charge in [0.1, 0.15) is 18.2 Å². The van der Waals surface area contributed by atoms with Crippen molar-refractivity contribution in [2.75, 3.05) is 18.5 Å². The molecule has 1 amide bonds. The Balaban J connectivity index is 1.40. The van der Waals surface area contributed by atoms with Gasteiger partial charge in [-0.1, -0.05) is 34.1 Å². The summed E-state index contributed by atoms with van der Waals surface area (Å²) in [6.07, 6.45) is 3.91. The molecule has 1 aromatic heterocycles. The second-order valence-electron chi connectivity index (χ2n) is 6.93. The van der Waals surface area contributed by atoms with Gasteiger partial charge in [-0.15, -0.1) is 0 Å². The Hall–Kier alpha value is -2.64. The van der Waals surface area contributed by atoms with Gasteiger partial charge in [-0.2, -0.15) is 5.10 Å². The van der Waals surface area contributed by atoms with Crippen LogP contribution in [-0.2, 0) is 11.3 Å². The number of carbonyl (C=O) groups excluding carboxylic acids is 1. The Kier molecular flexibility index (Phi) is 6.27. The molecule has 1 saturated heterocycles. The number of halogens is 1. The Bertz CT molecular complexity index is 965. The van der Waals surface area contributed by atoms with Gasteiger partial charge in [0, 0.05) is 22.7 Å². The third kappa shape index (κ3) is 5.25. The van der Waals surface area contributed by atoms with Crippen LogP contribution in [0, 0.1) is 0 Å². The van der Waals surface area contributed by atoms with Gasteiger partial charge in [0.15, 0.2) is 0 Å². The summed E-state index contributed by atoms with van der Waals surface area (Å²) in [7, 11) is 0. The Labute approximate surface area is 178 Å². The van der Waals surface area contributed by atoms with Crippen LogP contribution in [0.1, 0.15) is 28.8 Å². The predicted molar refractivity (Wildman–Crippen MR) is 114 cm³/mol. The van der Waals surface area contributed by atoms with Crippen LogP contribution in [0.4, 0.5) is 5.82 Å². The summed E-state index contributed by atoms with van der Waals surface area (Å²) < 4.78 is 14.2. The van der Waals surface area contributed by atoms with E-state index in [2.05, 4.69) is 26.3 Å². The molecule has 1 unspecified atom stereocenters. The van der Waals surface area contributed by atoms with Crippen molar-refractivity contribution < 1.29 is 14.3 Å². The van der Waals surface area contributed by atoms with E-state index in [4.69, 9.17) is 9.47 Å². The zero-order valence-electron chi connectivity index (χ0n) is 15.9. The molecule has 0 bridgehead atoms. The fourth-order valence-corrected chi connectivity index (χ4v) is 3.47. The van der Waals surface area contributed by atoms with E-state index < -0.39 is 0 Å². The van der Waals surface area contributed by atoms with E-state index in [0.717, 1.165) is 29.5 Å². The normalized spacial score (nSPS) is 16.0. The number of ether oxygens (including phenoxy) is 2. The van der Waals surface area contributed by atoms with E-state index in [-0.39, 0.29) is 12.0 Å². The lowest BCUT2D eigenvalue weighted by molar-refractivity contribution is 0.0679. The molecule has 3 aromatic rings. The first-order valence-electron chi connectivity index (χ1n) is 9.59. The molecule has 4 rings (SSSR count). The van der Waals surface area contributed by atoms with E-state index in [1.165, 1.54) is 0 Å². The minimum Gasteiger partial charge on any atom is -0.491 e. The van der Waals surface area contributed by atoms with Gasteiger partial charge in [0.2, 0.25) is 0 Å². The van der Waals surface area contributed by atoms with Gasteiger partial charge in [0.25, 0.3) is 5.91 Å². The summed E-state index contributed by atoms with van der Waals surface area (Å²) in [5, 5.41) is 7.26. The first-order chi connectivity index (χ1) is 14.2.